The van der Waals surface area contributed by atoms with Crippen molar-refractivity contribution < 1.29 is 19.4 Å². The van der Waals surface area contributed by atoms with E-state index in [9.17, 15) is 19.4 Å². The molecule has 0 saturated carbocycles. The zero-order valence-electron chi connectivity index (χ0n) is 11.5. The normalized spacial score (nSPS) is 17.6. The molecule has 0 heterocycles. The van der Waals surface area contributed by atoms with Crippen LogP contribution in [0.1, 0.15) is 33.3 Å². The lowest BCUT2D eigenvalue weighted by Gasteiger charge is -2.40. The Morgan fingerprint density at radius 1 is 1.10 bits per heavy atom. The summed E-state index contributed by atoms with van der Waals surface area (Å²) < 4.78 is 67.5. The average Bonchev–Trinajstić information content (AvgIpc) is 2.22. The van der Waals surface area contributed by atoms with Gasteiger partial charge < -0.3 is 0 Å². The first-order valence-corrected chi connectivity index (χ1v) is 8.38. The third-order valence-electron chi connectivity index (χ3n) is 2.15. The molecule has 0 aliphatic carbocycles. The predicted octanol–water partition coefficient (Wildman–Crippen LogP) is 6.60. The molecule has 0 unspecified atom stereocenters. The van der Waals surface area contributed by atoms with Gasteiger partial charge in [-0.2, -0.15) is 0 Å². The van der Waals surface area contributed by atoms with Gasteiger partial charge in [-0.1, -0.05) is 31.6 Å². The minimum Gasteiger partial charge on any atom is -0.220 e. The molecule has 1 nitrogen and oxygen atoms in total. The Bertz CT molecular complexity index is 543. The molecule has 0 bridgehead atoms. The fraction of sp³-hybridized carbons (Fsp3) is 0.417. The second-order valence-electron chi connectivity index (χ2n) is 5.38. The Balaban J connectivity index is 3.20. The number of rotatable bonds is 3. The molecule has 20 heavy (non-hydrogen) atoms. The van der Waals surface area contributed by atoms with Crippen LogP contribution >= 0.6 is 22.2 Å². The maximum Gasteiger partial charge on any atom is 0.310 e. The summed E-state index contributed by atoms with van der Waals surface area (Å²) in [6.07, 6.45) is 0. The summed E-state index contributed by atoms with van der Waals surface area (Å²) in [6.45, 7) is 7.15. The van der Waals surface area contributed by atoms with Gasteiger partial charge in [-0.3, -0.25) is 0 Å². The Hall–Kier alpha value is -0.760. The molecule has 0 atom stereocenters. The number of benzene rings is 1. The maximum atomic E-state index is 12.7. The van der Waals surface area contributed by atoms with Gasteiger partial charge in [0, 0.05) is 4.75 Å². The average molecular weight is 333 g/mol. The predicted molar refractivity (Wildman–Crippen MR) is 77.4 cm³/mol. The molecule has 0 radical (unpaired) electrons. The van der Waals surface area contributed by atoms with E-state index in [0.717, 1.165) is 6.07 Å². The molecule has 0 amide bonds. The quantitative estimate of drug-likeness (QED) is 0.345. The Morgan fingerprint density at radius 3 is 2.10 bits per heavy atom. The van der Waals surface area contributed by atoms with Crippen LogP contribution in [0.15, 0.2) is 33.6 Å². The summed E-state index contributed by atoms with van der Waals surface area (Å²) in [5, 5.41) is 0. The lowest BCUT2D eigenvalue weighted by Crippen LogP contribution is -2.08. The van der Waals surface area contributed by atoms with Crippen LogP contribution in [-0.2, 0) is 0 Å². The minimum atomic E-state index is -9.64. The highest BCUT2D eigenvalue weighted by atomic mass is 32.5. The maximum absolute atomic E-state index is 12.7. The van der Waals surface area contributed by atoms with E-state index >= 15 is 0 Å². The van der Waals surface area contributed by atoms with Gasteiger partial charge in [0.2, 0.25) is 0 Å². The number of halogens is 5. The van der Waals surface area contributed by atoms with Gasteiger partial charge in [0.05, 0.1) is 5.71 Å². The monoisotopic (exact) mass is 333 g/mol. The van der Waals surface area contributed by atoms with Crippen LogP contribution in [0.4, 0.5) is 19.4 Å². The van der Waals surface area contributed by atoms with Crippen molar-refractivity contribution in [1.82, 2.24) is 0 Å². The minimum absolute atomic E-state index is 0.0347. The van der Waals surface area contributed by atoms with Crippen LogP contribution in [0.3, 0.4) is 0 Å². The first-order valence-electron chi connectivity index (χ1n) is 5.66. The summed E-state index contributed by atoms with van der Waals surface area (Å²) in [7, 11) is -9.64. The molecule has 0 N–H and O–H groups in total. The smallest absolute Gasteiger partial charge is 0.220 e. The van der Waals surface area contributed by atoms with Gasteiger partial charge in [0.25, 0.3) is 0 Å². The molecule has 0 saturated heterocycles. The highest BCUT2D eigenvalue weighted by Gasteiger charge is 2.65. The van der Waals surface area contributed by atoms with Crippen LogP contribution < -0.4 is 0 Å². The zero-order chi connectivity index (χ0) is 15.9. The molecule has 8 heteroatoms. The summed E-state index contributed by atoms with van der Waals surface area (Å²) in [6, 6.07) is 3.12. The van der Waals surface area contributed by atoms with Crippen molar-refractivity contribution in [2.24, 2.45) is 4.40 Å². The summed E-state index contributed by atoms with van der Waals surface area (Å²) in [5.41, 5.74) is 0.307. The molecule has 0 fully saturated rings. The summed E-state index contributed by atoms with van der Waals surface area (Å²) in [5.74, 6) is 0. The zero-order valence-corrected chi connectivity index (χ0v) is 13.1. The lowest BCUT2D eigenvalue weighted by atomic mass is 10.1. The van der Waals surface area contributed by atoms with E-state index in [2.05, 4.69) is 4.40 Å². The Labute approximate surface area is 119 Å². The van der Waals surface area contributed by atoms with E-state index in [1.54, 1.807) is 0 Å². The molecular formula is C12H16F5NS2. The van der Waals surface area contributed by atoms with Gasteiger partial charge >= 0.3 is 10.2 Å². The molecule has 0 spiro atoms. The largest absolute Gasteiger partial charge is 0.310 e. The summed E-state index contributed by atoms with van der Waals surface area (Å²) >= 11 is 1.18. The van der Waals surface area contributed by atoms with Crippen LogP contribution in [0.25, 0.3) is 0 Å². The standard InChI is InChI=1S/C12H16F5NS2/c1-9(18-19-12(2,3)4)10-6-5-7-11(8-10)20(13,14,15,16)17/h5-8H,1-4H3. The van der Waals surface area contributed by atoms with Crippen LogP contribution in [0.5, 0.6) is 0 Å². The van der Waals surface area contributed by atoms with Gasteiger partial charge in [-0.05, 0) is 57.3 Å². The van der Waals surface area contributed by atoms with E-state index in [1.165, 1.54) is 24.9 Å². The molecule has 0 aliphatic rings. The lowest BCUT2D eigenvalue weighted by molar-refractivity contribution is 0.364. The van der Waals surface area contributed by atoms with Gasteiger partial charge in [-0.25, -0.2) is 4.40 Å². The van der Waals surface area contributed by atoms with Gasteiger partial charge in [0.1, 0.15) is 4.90 Å². The van der Waals surface area contributed by atoms with E-state index < -0.39 is 15.1 Å². The number of hydrogen-bond donors (Lipinski definition) is 0. The second-order valence-corrected chi connectivity index (χ2v) is 9.38. The van der Waals surface area contributed by atoms with Crippen molar-refractivity contribution in [3.8, 4) is 0 Å². The fourth-order valence-corrected chi connectivity index (χ4v) is 2.42. The van der Waals surface area contributed by atoms with Crippen molar-refractivity contribution in [3.63, 3.8) is 0 Å². The molecule has 1 aromatic rings. The molecule has 0 aromatic heterocycles. The first kappa shape index (κ1) is 17.3. The van der Waals surface area contributed by atoms with Crippen LogP contribution in [0, 0.1) is 0 Å². The van der Waals surface area contributed by atoms with Crippen molar-refractivity contribution in [2.45, 2.75) is 37.3 Å². The van der Waals surface area contributed by atoms with Crippen molar-refractivity contribution in [3.05, 3.63) is 29.8 Å². The number of nitrogens with zero attached hydrogens (tertiary/aromatic N) is 1. The van der Waals surface area contributed by atoms with Crippen molar-refractivity contribution in [1.29, 1.82) is 0 Å². The van der Waals surface area contributed by atoms with Gasteiger partial charge in [-0.15, -0.1) is 0 Å². The van der Waals surface area contributed by atoms with Crippen LogP contribution in [-0.4, -0.2) is 10.5 Å². The van der Waals surface area contributed by atoms with E-state index in [1.807, 2.05) is 20.8 Å². The van der Waals surface area contributed by atoms with Crippen LogP contribution in [0.2, 0.25) is 0 Å². The highest BCUT2D eigenvalue weighted by Crippen LogP contribution is 3.02. The molecule has 1 aromatic carbocycles. The molecule has 0 aliphatic heterocycles. The third kappa shape index (κ3) is 5.32. The second kappa shape index (κ2) is 4.37. The topological polar surface area (TPSA) is 12.4 Å². The van der Waals surface area contributed by atoms with E-state index in [4.69, 9.17) is 0 Å². The first-order chi connectivity index (χ1) is 8.58. The highest BCUT2D eigenvalue weighted by molar-refractivity contribution is 8.45. The molecule has 1 rings (SSSR count). The Morgan fingerprint density at radius 2 is 1.65 bits per heavy atom. The molecular weight excluding hydrogens is 317 g/mol. The van der Waals surface area contributed by atoms with E-state index in [-0.39, 0.29) is 16.0 Å². The Kier molecular flexibility index (Phi) is 3.77. The SMILES string of the molecule is CC(=NSC(C)(C)C)c1cccc(S(F)(F)(F)(F)F)c1. The molecule has 116 valence electrons. The van der Waals surface area contributed by atoms with Crippen molar-refractivity contribution >= 4 is 27.9 Å². The third-order valence-corrected chi connectivity index (χ3v) is 4.21. The van der Waals surface area contributed by atoms with E-state index in [0.29, 0.717) is 12.1 Å². The van der Waals surface area contributed by atoms with Gasteiger partial charge in [0.15, 0.2) is 0 Å². The summed E-state index contributed by atoms with van der Waals surface area (Å²) in [4.78, 5) is -1.89. The fourth-order valence-electron chi connectivity index (χ4n) is 1.22. The number of hydrogen-bond acceptors (Lipinski definition) is 2. The van der Waals surface area contributed by atoms with Crippen molar-refractivity contribution in [2.75, 3.05) is 0 Å².